The number of imidazole rings is 2. The molecule has 1 fully saturated rings. The van der Waals surface area contributed by atoms with Gasteiger partial charge in [0.05, 0.1) is 36.4 Å². The molecule has 1 aliphatic heterocycles. The number of hydrogen-bond donors (Lipinski definition) is 2. The van der Waals surface area contributed by atoms with Crippen molar-refractivity contribution in [2.24, 2.45) is 0 Å². The third kappa shape index (κ3) is 7.54. The average Bonchev–Trinajstić information content (AvgIpc) is 3.70. The molecule has 0 spiro atoms. The van der Waals surface area contributed by atoms with Gasteiger partial charge >= 0.3 is 0 Å². The highest BCUT2D eigenvalue weighted by Gasteiger charge is 2.23. The molecule has 3 heterocycles. The highest BCUT2D eigenvalue weighted by atomic mass is 16.1. The Morgan fingerprint density at radius 2 is 1.45 bits per heavy atom. The second-order valence-electron chi connectivity index (χ2n) is 9.65. The molecule has 1 amide bonds. The maximum atomic E-state index is 11.2. The lowest BCUT2D eigenvalue weighted by atomic mass is 10.0. The molecule has 1 atom stereocenters. The molecule has 2 aromatic heterocycles. The van der Waals surface area contributed by atoms with Gasteiger partial charge in [-0.15, -0.1) is 0 Å². The summed E-state index contributed by atoms with van der Waals surface area (Å²) in [6, 6.07) is 17.5. The SMILES string of the molecule is C=O.CC.CCCN(C=O)Cc1ncc(-c2ccc(-c3ccc(-c4cnc([C@@H]5CCCCN5C)[nH]4)cc3)cc2)[nH]1. The molecule has 40 heavy (non-hydrogen) atoms. The van der Waals surface area contributed by atoms with Gasteiger partial charge in [-0.05, 0) is 55.1 Å². The molecule has 0 bridgehead atoms. The highest BCUT2D eigenvalue weighted by Crippen LogP contribution is 2.30. The van der Waals surface area contributed by atoms with Crippen molar-refractivity contribution in [1.29, 1.82) is 0 Å². The van der Waals surface area contributed by atoms with Crippen LogP contribution in [0.2, 0.25) is 0 Å². The van der Waals surface area contributed by atoms with Crippen LogP contribution in [0.1, 0.15) is 64.1 Å². The Morgan fingerprint density at radius 1 is 0.900 bits per heavy atom. The Labute approximate surface area is 237 Å². The van der Waals surface area contributed by atoms with Gasteiger partial charge < -0.3 is 19.7 Å². The van der Waals surface area contributed by atoms with E-state index in [0.29, 0.717) is 12.6 Å². The largest absolute Gasteiger partial charge is 0.341 e. The van der Waals surface area contributed by atoms with Crippen molar-refractivity contribution >= 4 is 13.2 Å². The Hall–Kier alpha value is -4.04. The molecule has 4 aromatic rings. The summed E-state index contributed by atoms with van der Waals surface area (Å²) in [6.45, 7) is 10.4. The molecule has 0 unspecified atom stereocenters. The van der Waals surface area contributed by atoms with Crippen LogP contribution < -0.4 is 0 Å². The van der Waals surface area contributed by atoms with Crippen LogP contribution in [0.25, 0.3) is 33.6 Å². The number of H-pyrrole nitrogens is 2. The van der Waals surface area contributed by atoms with Gasteiger partial charge in [-0.3, -0.25) is 9.69 Å². The second kappa shape index (κ2) is 15.5. The fraction of sp³-hybridized carbons (Fsp3) is 0.375. The van der Waals surface area contributed by atoms with E-state index in [-0.39, 0.29) is 0 Å². The van der Waals surface area contributed by atoms with E-state index < -0.39 is 0 Å². The minimum atomic E-state index is 0.386. The first-order valence-electron chi connectivity index (χ1n) is 14.1. The van der Waals surface area contributed by atoms with E-state index >= 15 is 0 Å². The normalized spacial score (nSPS) is 14.8. The molecule has 0 saturated carbocycles. The summed E-state index contributed by atoms with van der Waals surface area (Å²) in [4.78, 5) is 39.4. The number of aromatic nitrogens is 4. The molecule has 2 aromatic carbocycles. The Morgan fingerprint density at radius 3 is 2.00 bits per heavy atom. The van der Waals surface area contributed by atoms with Crippen molar-refractivity contribution in [1.82, 2.24) is 29.7 Å². The summed E-state index contributed by atoms with van der Waals surface area (Å²) >= 11 is 0. The fourth-order valence-electron chi connectivity index (χ4n) is 5.00. The summed E-state index contributed by atoms with van der Waals surface area (Å²) < 4.78 is 0. The van der Waals surface area contributed by atoms with Gasteiger partial charge in [0.25, 0.3) is 0 Å². The fourth-order valence-corrected chi connectivity index (χ4v) is 5.00. The number of carbonyl (C=O) groups is 2. The first kappa shape index (κ1) is 30.5. The van der Waals surface area contributed by atoms with Gasteiger partial charge in [-0.25, -0.2) is 9.97 Å². The van der Waals surface area contributed by atoms with Crippen molar-refractivity contribution in [3.63, 3.8) is 0 Å². The summed E-state index contributed by atoms with van der Waals surface area (Å²) in [5, 5.41) is 0. The average molecular weight is 543 g/mol. The third-order valence-corrected chi connectivity index (χ3v) is 7.05. The van der Waals surface area contributed by atoms with Crippen LogP contribution in [-0.2, 0) is 16.1 Å². The van der Waals surface area contributed by atoms with Crippen molar-refractivity contribution in [3.05, 3.63) is 72.6 Å². The number of carbonyl (C=O) groups excluding carboxylic acids is 2. The smallest absolute Gasteiger partial charge is 0.210 e. The van der Waals surface area contributed by atoms with E-state index in [1.807, 2.05) is 33.0 Å². The van der Waals surface area contributed by atoms with E-state index in [2.05, 4.69) is 82.4 Å². The molecule has 8 nitrogen and oxygen atoms in total. The number of rotatable bonds is 9. The van der Waals surface area contributed by atoms with Gasteiger partial charge in [0.15, 0.2) is 0 Å². The number of hydrogen-bond acceptors (Lipinski definition) is 5. The molecular formula is C32H42N6O2. The zero-order valence-corrected chi connectivity index (χ0v) is 24.2. The Kier molecular flexibility index (Phi) is 11.8. The zero-order valence-electron chi connectivity index (χ0n) is 24.2. The predicted octanol–water partition coefficient (Wildman–Crippen LogP) is 6.50. The van der Waals surface area contributed by atoms with E-state index in [4.69, 9.17) is 9.78 Å². The molecule has 1 aliphatic rings. The van der Waals surface area contributed by atoms with Crippen LogP contribution in [0.4, 0.5) is 0 Å². The van der Waals surface area contributed by atoms with Crippen LogP contribution in [0, 0.1) is 0 Å². The number of aromatic amines is 2. The molecule has 0 aliphatic carbocycles. The Balaban J connectivity index is 0.00000106. The van der Waals surface area contributed by atoms with Crippen molar-refractivity contribution in [2.75, 3.05) is 20.1 Å². The van der Waals surface area contributed by atoms with Gasteiger partial charge in [-0.1, -0.05) is 75.7 Å². The lowest BCUT2D eigenvalue weighted by Gasteiger charge is -2.30. The lowest BCUT2D eigenvalue weighted by molar-refractivity contribution is -0.118. The second-order valence-corrected chi connectivity index (χ2v) is 9.65. The standard InChI is InChI=1S/C29H34N6O.C2H6.CH2O/c1-3-15-35(20-36)19-28-30-17-25(32-28)23-11-7-21(8-12-23)22-9-13-24(14-10-22)26-18-31-29(33-26)27-6-4-5-16-34(27)2;2*1-2/h7-14,17-18,20,27H,3-6,15-16,19H2,1-2H3,(H,30,32)(H,31,33);1-2H3;1H2/t27-;;/m0../s1. The van der Waals surface area contributed by atoms with Crippen molar-refractivity contribution in [3.8, 4) is 33.6 Å². The first-order valence-corrected chi connectivity index (χ1v) is 14.1. The monoisotopic (exact) mass is 542 g/mol. The zero-order chi connectivity index (χ0) is 28.9. The predicted molar refractivity (Wildman–Crippen MR) is 161 cm³/mol. The van der Waals surface area contributed by atoms with Crippen LogP contribution in [0.15, 0.2) is 60.9 Å². The number of benzene rings is 2. The topological polar surface area (TPSA) is 98.0 Å². The number of amides is 1. The van der Waals surface area contributed by atoms with Crippen LogP contribution in [0.3, 0.4) is 0 Å². The minimum Gasteiger partial charge on any atom is -0.341 e. The summed E-state index contributed by atoms with van der Waals surface area (Å²) in [6.07, 6.45) is 9.29. The van der Waals surface area contributed by atoms with E-state index in [1.165, 1.54) is 18.4 Å². The maximum absolute atomic E-state index is 11.2. The van der Waals surface area contributed by atoms with Gasteiger partial charge in [-0.2, -0.15) is 0 Å². The molecule has 5 rings (SSSR count). The summed E-state index contributed by atoms with van der Waals surface area (Å²) in [7, 11) is 2.19. The quantitative estimate of drug-likeness (QED) is 0.235. The number of nitrogens with one attached hydrogen (secondary N) is 2. The van der Waals surface area contributed by atoms with E-state index in [9.17, 15) is 4.79 Å². The number of piperidine rings is 1. The first-order chi connectivity index (χ1) is 19.6. The summed E-state index contributed by atoms with van der Waals surface area (Å²) in [5.41, 5.74) is 6.56. The van der Waals surface area contributed by atoms with Gasteiger partial charge in [0.2, 0.25) is 6.41 Å². The molecule has 2 N–H and O–H groups in total. The van der Waals surface area contributed by atoms with Crippen LogP contribution >= 0.6 is 0 Å². The van der Waals surface area contributed by atoms with Gasteiger partial charge in [0.1, 0.15) is 18.4 Å². The lowest BCUT2D eigenvalue weighted by Crippen LogP contribution is -2.30. The van der Waals surface area contributed by atoms with Crippen LogP contribution in [-0.4, -0.2) is 63.1 Å². The highest BCUT2D eigenvalue weighted by molar-refractivity contribution is 5.71. The van der Waals surface area contributed by atoms with Crippen molar-refractivity contribution in [2.45, 2.75) is 59.0 Å². The van der Waals surface area contributed by atoms with Crippen LogP contribution in [0.5, 0.6) is 0 Å². The molecule has 1 saturated heterocycles. The summed E-state index contributed by atoms with van der Waals surface area (Å²) in [5.74, 6) is 1.86. The third-order valence-electron chi connectivity index (χ3n) is 7.05. The van der Waals surface area contributed by atoms with E-state index in [1.54, 1.807) is 4.90 Å². The molecule has 212 valence electrons. The minimum absolute atomic E-state index is 0.386. The van der Waals surface area contributed by atoms with Gasteiger partial charge in [0, 0.05) is 6.54 Å². The van der Waals surface area contributed by atoms with E-state index in [0.717, 1.165) is 72.1 Å². The Bertz CT molecular complexity index is 1300. The maximum Gasteiger partial charge on any atom is 0.210 e. The molecule has 0 radical (unpaired) electrons. The molecular weight excluding hydrogens is 500 g/mol. The number of likely N-dealkylation sites (tertiary alicyclic amines) is 1. The molecule has 8 heteroatoms. The number of nitrogens with zero attached hydrogens (tertiary/aromatic N) is 4. The van der Waals surface area contributed by atoms with Crippen molar-refractivity contribution < 1.29 is 9.59 Å².